The van der Waals surface area contributed by atoms with Crippen LogP contribution in [0.3, 0.4) is 0 Å². The van der Waals surface area contributed by atoms with Gasteiger partial charge in [-0.2, -0.15) is 11.8 Å². The van der Waals surface area contributed by atoms with Crippen LogP contribution in [0.2, 0.25) is 0 Å². The molecule has 0 aliphatic heterocycles. The van der Waals surface area contributed by atoms with Gasteiger partial charge in [0, 0.05) is 41.6 Å². The molecular formula is C14H22ClIN2OS. The Balaban J connectivity index is 0.00000361. The van der Waals surface area contributed by atoms with Crippen LogP contribution in [0.15, 0.2) is 24.3 Å². The summed E-state index contributed by atoms with van der Waals surface area (Å²) >= 11 is 7.28. The zero-order valence-corrected chi connectivity index (χ0v) is 15.9. The third-order valence-corrected chi connectivity index (χ3v) is 4.02. The number of hydrogen-bond acceptors (Lipinski definition) is 2. The summed E-state index contributed by atoms with van der Waals surface area (Å²) in [5.41, 5.74) is 2.06. The van der Waals surface area contributed by atoms with E-state index in [-0.39, 0.29) is 29.9 Å². The minimum atomic E-state index is 0. The largest absolute Gasteiger partial charge is 1.00 e. The second-order valence-electron chi connectivity index (χ2n) is 5.16. The van der Waals surface area contributed by atoms with Crippen LogP contribution >= 0.6 is 23.4 Å². The number of rotatable bonds is 7. The van der Waals surface area contributed by atoms with Crippen molar-refractivity contribution in [2.45, 2.75) is 6.42 Å². The Morgan fingerprint density at radius 3 is 2.30 bits per heavy atom. The lowest BCUT2D eigenvalue weighted by Gasteiger charge is -2.23. The zero-order valence-electron chi connectivity index (χ0n) is 12.2. The normalized spacial score (nSPS) is 10.8. The van der Waals surface area contributed by atoms with Crippen LogP contribution in [0.1, 0.15) is 6.42 Å². The Hall–Kier alpha value is 0.0200. The van der Waals surface area contributed by atoms with E-state index in [1.54, 1.807) is 11.8 Å². The average Bonchev–Trinajstić information content (AvgIpc) is 2.34. The van der Waals surface area contributed by atoms with E-state index in [9.17, 15) is 4.79 Å². The first kappa shape index (κ1) is 20.0. The molecule has 0 aliphatic carbocycles. The molecule has 0 aliphatic rings. The summed E-state index contributed by atoms with van der Waals surface area (Å²) < 4.78 is 0.767. The SMILES string of the molecule is C[N+](C)(C)c1ccc(NC(=O)CCSCCCl)cc1.[I-]. The molecule has 1 amide bonds. The van der Waals surface area contributed by atoms with E-state index in [0.717, 1.165) is 21.7 Å². The van der Waals surface area contributed by atoms with Crippen molar-refractivity contribution < 1.29 is 28.8 Å². The van der Waals surface area contributed by atoms with Crippen LogP contribution in [-0.2, 0) is 4.79 Å². The lowest BCUT2D eigenvalue weighted by atomic mass is 10.2. The fourth-order valence-corrected chi connectivity index (χ4v) is 2.51. The maximum absolute atomic E-state index is 11.7. The molecule has 0 radical (unpaired) electrons. The van der Waals surface area contributed by atoms with Crippen LogP contribution in [0.5, 0.6) is 0 Å². The van der Waals surface area contributed by atoms with Crippen molar-refractivity contribution in [2.24, 2.45) is 0 Å². The smallest absolute Gasteiger partial charge is 0.225 e. The number of quaternary nitrogens is 1. The number of nitrogens with one attached hydrogen (secondary N) is 1. The van der Waals surface area contributed by atoms with Gasteiger partial charge >= 0.3 is 0 Å². The molecule has 3 nitrogen and oxygen atoms in total. The predicted octanol–water partition coefficient (Wildman–Crippen LogP) is 0.188. The second kappa shape index (κ2) is 9.87. The number of carbonyl (C=O) groups excluding carboxylic acids is 1. The molecule has 0 fully saturated rings. The fraction of sp³-hybridized carbons (Fsp3) is 0.500. The molecule has 114 valence electrons. The number of carbonyl (C=O) groups is 1. The van der Waals surface area contributed by atoms with Gasteiger partial charge in [-0.25, -0.2) is 0 Å². The summed E-state index contributed by atoms with van der Waals surface area (Å²) in [6, 6.07) is 7.97. The van der Waals surface area contributed by atoms with Crippen molar-refractivity contribution in [2.75, 3.05) is 43.8 Å². The molecule has 1 rings (SSSR count). The minimum absolute atomic E-state index is 0. The van der Waals surface area contributed by atoms with Crippen molar-refractivity contribution >= 4 is 40.6 Å². The van der Waals surface area contributed by atoms with Crippen LogP contribution in [0.25, 0.3) is 0 Å². The van der Waals surface area contributed by atoms with Crippen LogP contribution in [0, 0.1) is 0 Å². The first-order valence-electron chi connectivity index (χ1n) is 6.29. The summed E-state index contributed by atoms with van der Waals surface area (Å²) in [6.07, 6.45) is 0.526. The maximum atomic E-state index is 11.7. The van der Waals surface area contributed by atoms with Gasteiger partial charge in [0.1, 0.15) is 5.69 Å². The lowest BCUT2D eigenvalue weighted by Crippen LogP contribution is -3.00. The van der Waals surface area contributed by atoms with Crippen molar-refractivity contribution in [3.05, 3.63) is 24.3 Å². The van der Waals surface area contributed by atoms with Gasteiger partial charge in [0.2, 0.25) is 5.91 Å². The van der Waals surface area contributed by atoms with E-state index in [4.69, 9.17) is 11.6 Å². The molecule has 0 atom stereocenters. The molecule has 0 unspecified atom stereocenters. The molecule has 0 heterocycles. The van der Waals surface area contributed by atoms with Crippen LogP contribution < -0.4 is 33.8 Å². The molecule has 0 bridgehead atoms. The Morgan fingerprint density at radius 2 is 1.80 bits per heavy atom. The summed E-state index contributed by atoms with van der Waals surface area (Å²) in [6.45, 7) is 0. The minimum Gasteiger partial charge on any atom is -1.00 e. The van der Waals surface area contributed by atoms with Crippen LogP contribution in [0.4, 0.5) is 11.4 Å². The Labute approximate surface area is 148 Å². The highest BCUT2D eigenvalue weighted by molar-refractivity contribution is 7.99. The van der Waals surface area contributed by atoms with Crippen LogP contribution in [-0.4, -0.2) is 44.4 Å². The van der Waals surface area contributed by atoms with Gasteiger partial charge in [0.15, 0.2) is 0 Å². The number of anilines is 1. The standard InChI is InChI=1S/C14H21ClN2OS.HI/c1-17(2,3)13-6-4-12(5-7-13)16-14(18)8-10-19-11-9-15;/h4-7H,8-11H2,1-3H3;1H. The van der Waals surface area contributed by atoms with Gasteiger partial charge in [-0.15, -0.1) is 11.6 Å². The molecule has 6 heteroatoms. The van der Waals surface area contributed by atoms with Crippen molar-refractivity contribution in [3.63, 3.8) is 0 Å². The highest BCUT2D eigenvalue weighted by Crippen LogP contribution is 2.19. The van der Waals surface area contributed by atoms with E-state index >= 15 is 0 Å². The highest BCUT2D eigenvalue weighted by atomic mass is 127. The van der Waals surface area contributed by atoms with Crippen molar-refractivity contribution in [3.8, 4) is 0 Å². The number of hydrogen-bond donors (Lipinski definition) is 1. The Kier molecular flexibility index (Phi) is 9.88. The van der Waals surface area contributed by atoms with Gasteiger partial charge in [0.05, 0.1) is 21.1 Å². The molecule has 20 heavy (non-hydrogen) atoms. The first-order chi connectivity index (χ1) is 8.93. The van der Waals surface area contributed by atoms with Gasteiger partial charge in [-0.1, -0.05) is 0 Å². The monoisotopic (exact) mass is 428 g/mol. The molecule has 0 saturated heterocycles. The van der Waals surface area contributed by atoms with Gasteiger partial charge in [-0.05, 0) is 12.1 Å². The number of halogens is 2. The van der Waals surface area contributed by atoms with Gasteiger partial charge in [-0.3, -0.25) is 9.28 Å². The number of thioether (sulfide) groups is 1. The summed E-state index contributed by atoms with van der Waals surface area (Å²) in [4.78, 5) is 11.7. The third-order valence-electron chi connectivity index (χ3n) is 2.62. The number of nitrogens with zero attached hydrogens (tertiary/aromatic N) is 1. The van der Waals surface area contributed by atoms with Crippen molar-refractivity contribution in [1.29, 1.82) is 0 Å². The first-order valence-corrected chi connectivity index (χ1v) is 7.98. The maximum Gasteiger partial charge on any atom is 0.225 e. The number of benzene rings is 1. The van der Waals surface area contributed by atoms with E-state index < -0.39 is 0 Å². The molecule has 0 aromatic heterocycles. The summed E-state index contributed by atoms with van der Waals surface area (Å²) in [5.74, 6) is 2.40. The summed E-state index contributed by atoms with van der Waals surface area (Å²) in [5, 5.41) is 2.91. The number of amides is 1. The zero-order chi connectivity index (χ0) is 14.3. The molecule has 1 N–H and O–H groups in total. The molecule has 1 aromatic carbocycles. The lowest BCUT2D eigenvalue weighted by molar-refractivity contribution is -0.115. The average molecular weight is 429 g/mol. The van der Waals surface area contributed by atoms with E-state index in [0.29, 0.717) is 12.3 Å². The van der Waals surface area contributed by atoms with E-state index in [1.165, 1.54) is 5.69 Å². The highest BCUT2D eigenvalue weighted by Gasteiger charge is 2.11. The topological polar surface area (TPSA) is 29.1 Å². The fourth-order valence-electron chi connectivity index (χ4n) is 1.54. The second-order valence-corrected chi connectivity index (χ2v) is 6.76. The van der Waals surface area contributed by atoms with E-state index in [2.05, 4.69) is 26.5 Å². The number of alkyl halides is 1. The quantitative estimate of drug-likeness (QED) is 0.291. The van der Waals surface area contributed by atoms with Crippen molar-refractivity contribution in [1.82, 2.24) is 4.48 Å². The predicted molar refractivity (Wildman–Crippen MR) is 87.3 cm³/mol. The third kappa shape index (κ3) is 7.71. The molecule has 0 saturated carbocycles. The molecule has 0 spiro atoms. The van der Waals surface area contributed by atoms with E-state index in [1.807, 2.05) is 24.3 Å². The summed E-state index contributed by atoms with van der Waals surface area (Å²) in [7, 11) is 6.34. The Morgan fingerprint density at radius 1 is 1.20 bits per heavy atom. The van der Waals surface area contributed by atoms with Gasteiger partial charge in [0.25, 0.3) is 0 Å². The molecular weight excluding hydrogens is 407 g/mol. The molecule has 1 aromatic rings. The Bertz CT molecular complexity index is 407. The van der Waals surface area contributed by atoms with Gasteiger partial charge < -0.3 is 29.3 Å².